The van der Waals surface area contributed by atoms with Crippen LogP contribution in [0.3, 0.4) is 0 Å². The topological polar surface area (TPSA) is 102 Å². The number of H-pyrrole nitrogens is 1. The van der Waals surface area contributed by atoms with Crippen molar-refractivity contribution in [2.45, 2.75) is 45.9 Å². The molecule has 2 rings (SSSR count). The van der Waals surface area contributed by atoms with Gasteiger partial charge in [0.15, 0.2) is 0 Å². The maximum atomic E-state index is 12.0. The number of imidazole rings is 1. The third-order valence-electron chi connectivity index (χ3n) is 2.84. The Hall–Kier alpha value is -1.61. The van der Waals surface area contributed by atoms with Crippen LogP contribution in [0.1, 0.15) is 38.0 Å². The lowest BCUT2D eigenvalue weighted by atomic mass is 10.1. The molecule has 118 valence electrons. The van der Waals surface area contributed by atoms with Crippen LogP contribution in [0.5, 0.6) is 0 Å². The number of hydrogen-bond donors (Lipinski definition) is 2. The van der Waals surface area contributed by atoms with Crippen molar-refractivity contribution in [2.75, 3.05) is 6.54 Å². The number of aromatic nitrogens is 2. The molecule has 21 heavy (non-hydrogen) atoms. The van der Waals surface area contributed by atoms with Gasteiger partial charge >= 0.3 is 6.09 Å². The van der Waals surface area contributed by atoms with E-state index in [1.54, 1.807) is 4.90 Å². The summed E-state index contributed by atoms with van der Waals surface area (Å²) in [5.74, 6) is 0.435. The number of thiol groups is 1. The van der Waals surface area contributed by atoms with Gasteiger partial charge in [-0.15, -0.1) is 0 Å². The van der Waals surface area contributed by atoms with Gasteiger partial charge in [-0.1, -0.05) is 0 Å². The molecular formula is C12H19N3O5S. The van der Waals surface area contributed by atoms with E-state index < -0.39 is 16.6 Å². The summed E-state index contributed by atoms with van der Waals surface area (Å²) in [7, 11) is -2.90. The maximum Gasteiger partial charge on any atom is 0.410 e. The first-order valence-electron chi connectivity index (χ1n) is 6.56. The number of carbonyl (C=O) groups is 1. The van der Waals surface area contributed by atoms with E-state index in [1.165, 1.54) is 0 Å². The fraction of sp³-hybridized carbons (Fsp3) is 0.667. The molecule has 1 aliphatic rings. The third kappa shape index (κ3) is 4.43. The van der Waals surface area contributed by atoms with E-state index in [1.807, 2.05) is 20.8 Å². The van der Waals surface area contributed by atoms with Gasteiger partial charge in [0.1, 0.15) is 18.0 Å². The molecule has 0 spiro atoms. The number of nitrogens with zero attached hydrogens (tertiary/aromatic N) is 2. The SMILES string of the molecule is CC(C)(C)OC(=O)N1CCc2[nH]c(CO[SH](=O)=O)nc2C1. The molecule has 0 unspecified atom stereocenters. The van der Waals surface area contributed by atoms with Gasteiger partial charge in [-0.2, -0.15) is 0 Å². The molecular weight excluding hydrogens is 298 g/mol. The highest BCUT2D eigenvalue weighted by Crippen LogP contribution is 2.19. The van der Waals surface area contributed by atoms with Crippen LogP contribution in [-0.4, -0.2) is 41.5 Å². The molecule has 1 aromatic rings. The molecule has 0 aliphatic carbocycles. The quantitative estimate of drug-likeness (QED) is 0.798. The van der Waals surface area contributed by atoms with Crippen LogP contribution >= 0.6 is 0 Å². The standard InChI is InChI=1S/C12H19N3O5S/c1-12(2,3)20-11(16)15-5-4-8-9(6-15)14-10(13-8)7-19-21(17)18/h21H,4-7H2,1-3H3,(H,13,14). The van der Waals surface area contributed by atoms with E-state index in [4.69, 9.17) is 4.74 Å². The van der Waals surface area contributed by atoms with Crippen molar-refractivity contribution in [3.63, 3.8) is 0 Å². The highest BCUT2D eigenvalue weighted by molar-refractivity contribution is 7.67. The highest BCUT2D eigenvalue weighted by Gasteiger charge is 2.27. The second-order valence-electron chi connectivity index (χ2n) is 5.76. The predicted octanol–water partition coefficient (Wildman–Crippen LogP) is 0.746. The first-order valence-corrected chi connectivity index (χ1v) is 7.66. The summed E-state index contributed by atoms with van der Waals surface area (Å²) in [6.45, 7) is 6.18. The molecule has 0 saturated heterocycles. The number of hydrogen-bond acceptors (Lipinski definition) is 6. The molecule has 1 N–H and O–H groups in total. The molecule has 0 bridgehead atoms. The van der Waals surface area contributed by atoms with Crippen molar-refractivity contribution >= 4 is 17.1 Å². The molecule has 0 saturated carbocycles. The Kier molecular flexibility index (Phi) is 4.52. The van der Waals surface area contributed by atoms with Crippen LogP contribution in [0.15, 0.2) is 0 Å². The maximum absolute atomic E-state index is 12.0. The van der Waals surface area contributed by atoms with E-state index in [0.717, 1.165) is 5.69 Å². The number of ether oxygens (including phenoxy) is 1. The lowest BCUT2D eigenvalue weighted by Crippen LogP contribution is -2.39. The van der Waals surface area contributed by atoms with Crippen LogP contribution in [0.2, 0.25) is 0 Å². The number of carbonyl (C=O) groups excluding carboxylic acids is 1. The molecule has 2 heterocycles. The van der Waals surface area contributed by atoms with Gasteiger partial charge in [-0.25, -0.2) is 18.2 Å². The lowest BCUT2D eigenvalue weighted by Gasteiger charge is -2.29. The van der Waals surface area contributed by atoms with Gasteiger partial charge in [-0.05, 0) is 20.8 Å². The zero-order valence-electron chi connectivity index (χ0n) is 12.2. The molecule has 1 aromatic heterocycles. The average Bonchev–Trinajstić information content (AvgIpc) is 2.75. The molecule has 8 nitrogen and oxygen atoms in total. The molecule has 1 amide bonds. The Bertz CT molecular complexity index is 595. The fourth-order valence-electron chi connectivity index (χ4n) is 2.01. The number of amides is 1. The molecule has 0 fully saturated rings. The lowest BCUT2D eigenvalue weighted by molar-refractivity contribution is 0.0221. The largest absolute Gasteiger partial charge is 0.444 e. The summed E-state index contributed by atoms with van der Waals surface area (Å²) >= 11 is 0. The Balaban J connectivity index is 2.01. The molecule has 1 aliphatic heterocycles. The van der Waals surface area contributed by atoms with E-state index >= 15 is 0 Å². The summed E-state index contributed by atoms with van der Waals surface area (Å²) < 4.78 is 30.6. The third-order valence-corrected chi connectivity index (χ3v) is 3.18. The normalized spacial score (nSPS) is 15.1. The Morgan fingerprint density at radius 1 is 1.43 bits per heavy atom. The van der Waals surface area contributed by atoms with Crippen LogP contribution in [-0.2, 0) is 39.5 Å². The smallest absolute Gasteiger partial charge is 0.410 e. The second kappa shape index (κ2) is 6.02. The van der Waals surface area contributed by atoms with Gasteiger partial charge in [0.25, 0.3) is 11.0 Å². The van der Waals surface area contributed by atoms with Crippen LogP contribution in [0.4, 0.5) is 4.79 Å². The average molecular weight is 317 g/mol. The van der Waals surface area contributed by atoms with Gasteiger partial charge in [-0.3, -0.25) is 4.18 Å². The van der Waals surface area contributed by atoms with Crippen molar-refractivity contribution in [1.82, 2.24) is 14.9 Å². The Morgan fingerprint density at radius 3 is 2.76 bits per heavy atom. The van der Waals surface area contributed by atoms with Gasteiger partial charge in [0.05, 0.1) is 12.2 Å². The summed E-state index contributed by atoms with van der Waals surface area (Å²) in [5, 5.41) is 0. The number of fused-ring (bicyclic) bond motifs is 1. The minimum Gasteiger partial charge on any atom is -0.444 e. The Morgan fingerprint density at radius 2 is 2.14 bits per heavy atom. The first kappa shape index (κ1) is 15.8. The zero-order chi connectivity index (χ0) is 15.6. The number of aromatic amines is 1. The van der Waals surface area contributed by atoms with Crippen molar-refractivity contribution in [3.05, 3.63) is 17.2 Å². The monoisotopic (exact) mass is 317 g/mol. The fourth-order valence-corrected chi connectivity index (χ4v) is 2.24. The summed E-state index contributed by atoms with van der Waals surface area (Å²) in [5.41, 5.74) is 1.07. The zero-order valence-corrected chi connectivity index (χ0v) is 13.1. The molecule has 0 aromatic carbocycles. The first-order chi connectivity index (χ1) is 9.74. The predicted molar refractivity (Wildman–Crippen MR) is 74.0 cm³/mol. The highest BCUT2D eigenvalue weighted by atomic mass is 32.2. The number of nitrogens with one attached hydrogen (secondary N) is 1. The summed E-state index contributed by atoms with van der Waals surface area (Å²) in [6.07, 6.45) is 0.238. The van der Waals surface area contributed by atoms with E-state index in [-0.39, 0.29) is 12.7 Å². The van der Waals surface area contributed by atoms with E-state index in [2.05, 4.69) is 14.2 Å². The minimum atomic E-state index is -2.90. The Labute approximate surface area is 124 Å². The van der Waals surface area contributed by atoms with Gasteiger partial charge in [0, 0.05) is 18.7 Å². The molecule has 9 heteroatoms. The van der Waals surface area contributed by atoms with E-state index in [9.17, 15) is 13.2 Å². The van der Waals surface area contributed by atoms with Gasteiger partial charge in [0.2, 0.25) is 0 Å². The molecule has 0 atom stereocenters. The van der Waals surface area contributed by atoms with Crippen LogP contribution in [0.25, 0.3) is 0 Å². The van der Waals surface area contributed by atoms with E-state index in [0.29, 0.717) is 31.0 Å². The van der Waals surface area contributed by atoms with Crippen molar-refractivity contribution in [2.24, 2.45) is 0 Å². The second-order valence-corrected chi connectivity index (χ2v) is 6.46. The number of rotatable bonds is 3. The minimum absolute atomic E-state index is 0.127. The van der Waals surface area contributed by atoms with Crippen LogP contribution < -0.4 is 0 Å². The van der Waals surface area contributed by atoms with Crippen molar-refractivity contribution in [1.29, 1.82) is 0 Å². The summed E-state index contributed by atoms with van der Waals surface area (Å²) in [4.78, 5) is 20.9. The van der Waals surface area contributed by atoms with Crippen molar-refractivity contribution < 1.29 is 22.1 Å². The molecule has 0 radical (unpaired) electrons. The van der Waals surface area contributed by atoms with Crippen LogP contribution in [0, 0.1) is 0 Å². The summed E-state index contributed by atoms with van der Waals surface area (Å²) in [6, 6.07) is 0. The van der Waals surface area contributed by atoms with Gasteiger partial charge < -0.3 is 14.6 Å². The van der Waals surface area contributed by atoms with Crippen molar-refractivity contribution in [3.8, 4) is 0 Å².